The van der Waals surface area contributed by atoms with Crippen LogP contribution in [-0.2, 0) is 0 Å². The number of benzene rings is 2. The molecule has 0 spiro atoms. The van der Waals surface area contributed by atoms with Crippen LogP contribution in [0, 0.1) is 0 Å². The summed E-state index contributed by atoms with van der Waals surface area (Å²) in [5, 5.41) is 25.3. The largest absolute Gasteiger partial charge is 0.507 e. The zero-order valence-corrected chi connectivity index (χ0v) is 15.0. The van der Waals surface area contributed by atoms with Crippen molar-refractivity contribution in [3.63, 3.8) is 0 Å². The van der Waals surface area contributed by atoms with Crippen LogP contribution >= 0.6 is 11.3 Å². The second-order valence-corrected chi connectivity index (χ2v) is 6.97. The average molecular weight is 380 g/mol. The summed E-state index contributed by atoms with van der Waals surface area (Å²) >= 11 is 1.35. The van der Waals surface area contributed by atoms with Crippen LogP contribution in [0.5, 0.6) is 5.75 Å². The van der Waals surface area contributed by atoms with Crippen molar-refractivity contribution in [2.45, 2.75) is 0 Å². The highest BCUT2D eigenvalue weighted by Gasteiger charge is 2.16. The maximum absolute atomic E-state index is 12.2. The van der Waals surface area contributed by atoms with E-state index < -0.39 is 0 Å². The molecule has 7 heteroatoms. The molecule has 0 bridgehead atoms. The molecule has 4 rings (SSSR count). The Labute approximate surface area is 157 Å². The SMILES string of the molecule is O=C(NCCO)c1ccc(-c2c(O)ccc3[nH]c(=O)c4sccc4c23)cc1. The average Bonchev–Trinajstić information content (AvgIpc) is 3.17. The van der Waals surface area contributed by atoms with Crippen LogP contribution in [0.2, 0.25) is 0 Å². The summed E-state index contributed by atoms with van der Waals surface area (Å²) in [5.41, 5.74) is 2.29. The molecule has 0 aliphatic heterocycles. The fourth-order valence-corrected chi connectivity index (χ4v) is 3.98. The number of aliphatic hydroxyl groups excluding tert-OH is 1. The molecule has 0 aliphatic carbocycles. The first-order valence-electron chi connectivity index (χ1n) is 8.35. The van der Waals surface area contributed by atoms with Gasteiger partial charge in [0.2, 0.25) is 0 Å². The number of H-pyrrole nitrogens is 1. The van der Waals surface area contributed by atoms with Gasteiger partial charge in [-0.25, -0.2) is 0 Å². The highest BCUT2D eigenvalue weighted by Crippen LogP contribution is 2.39. The lowest BCUT2D eigenvalue weighted by atomic mass is 9.96. The maximum Gasteiger partial charge on any atom is 0.266 e. The molecule has 27 heavy (non-hydrogen) atoms. The van der Waals surface area contributed by atoms with Crippen LogP contribution in [0.3, 0.4) is 0 Å². The molecule has 2 aromatic heterocycles. The molecule has 0 fully saturated rings. The van der Waals surface area contributed by atoms with Crippen LogP contribution in [0.4, 0.5) is 0 Å². The zero-order chi connectivity index (χ0) is 19.0. The number of fused-ring (bicyclic) bond motifs is 3. The summed E-state index contributed by atoms with van der Waals surface area (Å²) in [6.07, 6.45) is 0. The third-order valence-electron chi connectivity index (χ3n) is 4.41. The number of amides is 1. The van der Waals surface area contributed by atoms with E-state index in [9.17, 15) is 14.7 Å². The number of aromatic amines is 1. The van der Waals surface area contributed by atoms with E-state index in [0.29, 0.717) is 21.3 Å². The fraction of sp³-hybridized carbons (Fsp3) is 0.100. The van der Waals surface area contributed by atoms with Crippen LogP contribution in [0.1, 0.15) is 10.4 Å². The molecule has 6 nitrogen and oxygen atoms in total. The highest BCUT2D eigenvalue weighted by atomic mass is 32.1. The van der Waals surface area contributed by atoms with Crippen LogP contribution in [0.15, 0.2) is 52.6 Å². The van der Waals surface area contributed by atoms with Crippen molar-refractivity contribution in [3.8, 4) is 16.9 Å². The zero-order valence-electron chi connectivity index (χ0n) is 14.2. The third kappa shape index (κ3) is 2.97. The maximum atomic E-state index is 12.2. The Bertz CT molecular complexity index is 1210. The molecule has 0 radical (unpaired) electrons. The van der Waals surface area contributed by atoms with Gasteiger partial charge in [0.15, 0.2) is 0 Å². The van der Waals surface area contributed by atoms with Gasteiger partial charge in [-0.2, -0.15) is 0 Å². The Morgan fingerprint density at radius 1 is 1.11 bits per heavy atom. The number of phenolic OH excluding ortho intramolecular Hbond substituents is 1. The second-order valence-electron chi connectivity index (χ2n) is 6.06. The Kier molecular flexibility index (Phi) is 4.39. The van der Waals surface area contributed by atoms with E-state index in [1.807, 2.05) is 11.4 Å². The van der Waals surface area contributed by atoms with Gasteiger partial charge in [-0.1, -0.05) is 12.1 Å². The predicted molar refractivity (Wildman–Crippen MR) is 106 cm³/mol. The molecule has 4 N–H and O–H groups in total. The van der Waals surface area contributed by atoms with Gasteiger partial charge in [-0.3, -0.25) is 9.59 Å². The van der Waals surface area contributed by atoms with Crippen molar-refractivity contribution in [2.24, 2.45) is 0 Å². The van der Waals surface area contributed by atoms with E-state index >= 15 is 0 Å². The number of carbonyl (C=O) groups is 1. The summed E-state index contributed by atoms with van der Waals surface area (Å²) in [6, 6.07) is 11.9. The predicted octanol–water partition coefficient (Wildman–Crippen LogP) is 2.84. The number of carbonyl (C=O) groups excluding carboxylic acids is 1. The lowest BCUT2D eigenvalue weighted by Crippen LogP contribution is -2.26. The number of phenols is 1. The number of nitrogens with one attached hydrogen (secondary N) is 2. The minimum absolute atomic E-state index is 0.0968. The Balaban J connectivity index is 1.89. The molecule has 0 saturated carbocycles. The van der Waals surface area contributed by atoms with Gasteiger partial charge >= 0.3 is 0 Å². The highest BCUT2D eigenvalue weighted by molar-refractivity contribution is 7.17. The topological polar surface area (TPSA) is 102 Å². The first-order valence-corrected chi connectivity index (χ1v) is 9.23. The minimum atomic E-state index is -0.276. The molecule has 4 aromatic rings. The smallest absolute Gasteiger partial charge is 0.266 e. The van der Waals surface area contributed by atoms with Gasteiger partial charge in [-0.15, -0.1) is 11.3 Å². The number of rotatable bonds is 4. The molecule has 0 unspecified atom stereocenters. The number of aliphatic hydroxyl groups is 1. The standard InChI is InChI=1S/C20H16N2O4S/c23-9-8-21-19(25)12-3-1-11(2-4-12)16-15(24)6-5-14-17(16)13-7-10-27-18(13)20(26)22-14/h1-7,10,23-24H,8-9H2,(H,21,25)(H,22,26). The summed E-state index contributed by atoms with van der Waals surface area (Å²) in [5.74, 6) is -0.179. The molecule has 2 heterocycles. The Morgan fingerprint density at radius 2 is 1.89 bits per heavy atom. The van der Waals surface area contributed by atoms with Gasteiger partial charge < -0.3 is 20.5 Å². The van der Waals surface area contributed by atoms with Crippen LogP contribution in [-0.4, -0.2) is 34.3 Å². The number of aromatic nitrogens is 1. The molecule has 0 aliphatic rings. The molecule has 0 atom stereocenters. The van der Waals surface area contributed by atoms with E-state index in [1.54, 1.807) is 36.4 Å². The number of hydrogen-bond acceptors (Lipinski definition) is 5. The van der Waals surface area contributed by atoms with Gasteiger partial charge in [0.05, 0.1) is 6.61 Å². The summed E-state index contributed by atoms with van der Waals surface area (Å²) in [6.45, 7) is 0.0662. The van der Waals surface area contributed by atoms with E-state index in [1.165, 1.54) is 11.3 Å². The number of aromatic hydroxyl groups is 1. The first kappa shape index (κ1) is 17.3. The van der Waals surface area contributed by atoms with E-state index in [0.717, 1.165) is 16.3 Å². The monoisotopic (exact) mass is 380 g/mol. The second kappa shape index (κ2) is 6.86. The van der Waals surface area contributed by atoms with E-state index in [-0.39, 0.29) is 30.4 Å². The Morgan fingerprint density at radius 3 is 2.63 bits per heavy atom. The first-order chi connectivity index (χ1) is 13.1. The molecule has 136 valence electrons. The molecule has 1 amide bonds. The van der Waals surface area contributed by atoms with Crippen molar-refractivity contribution in [2.75, 3.05) is 13.2 Å². The third-order valence-corrected chi connectivity index (χ3v) is 5.32. The fourth-order valence-electron chi connectivity index (χ4n) is 3.19. The van der Waals surface area contributed by atoms with Gasteiger partial charge in [-0.05, 0) is 41.3 Å². The van der Waals surface area contributed by atoms with E-state index in [4.69, 9.17) is 5.11 Å². The Hall–Kier alpha value is -3.16. The summed E-state index contributed by atoms with van der Waals surface area (Å²) in [7, 11) is 0. The molecular weight excluding hydrogens is 364 g/mol. The number of thiophene rings is 1. The van der Waals surface area contributed by atoms with Crippen molar-refractivity contribution in [1.29, 1.82) is 0 Å². The summed E-state index contributed by atoms with van der Waals surface area (Å²) in [4.78, 5) is 27.1. The van der Waals surface area contributed by atoms with Crippen molar-refractivity contribution in [1.82, 2.24) is 10.3 Å². The van der Waals surface area contributed by atoms with Gasteiger partial charge in [0.25, 0.3) is 11.5 Å². The molecular formula is C20H16N2O4S. The van der Waals surface area contributed by atoms with Crippen LogP contribution < -0.4 is 10.9 Å². The lowest BCUT2D eigenvalue weighted by molar-refractivity contribution is 0.0945. The normalized spacial score (nSPS) is 11.1. The quantitative estimate of drug-likeness (QED) is 0.437. The van der Waals surface area contributed by atoms with Crippen molar-refractivity contribution < 1.29 is 15.0 Å². The number of pyridine rings is 1. The summed E-state index contributed by atoms with van der Waals surface area (Å²) < 4.78 is 0.606. The molecule has 2 aromatic carbocycles. The van der Waals surface area contributed by atoms with Crippen LogP contribution in [0.25, 0.3) is 32.1 Å². The number of hydrogen-bond donors (Lipinski definition) is 4. The lowest BCUT2D eigenvalue weighted by Gasteiger charge is -2.11. The van der Waals surface area contributed by atoms with Gasteiger partial charge in [0.1, 0.15) is 10.4 Å². The van der Waals surface area contributed by atoms with Crippen molar-refractivity contribution >= 4 is 38.2 Å². The van der Waals surface area contributed by atoms with E-state index in [2.05, 4.69) is 10.3 Å². The molecule has 0 saturated heterocycles. The van der Waals surface area contributed by atoms with Crippen molar-refractivity contribution in [3.05, 3.63) is 63.8 Å². The minimum Gasteiger partial charge on any atom is -0.507 e. The van der Waals surface area contributed by atoms with Gasteiger partial charge in [0, 0.05) is 34.0 Å².